The predicted octanol–water partition coefficient (Wildman–Crippen LogP) is 2.75. The maximum absolute atomic E-state index is 12.7. The smallest absolute Gasteiger partial charge is 0.233 e. The van der Waals surface area contributed by atoms with Crippen molar-refractivity contribution in [3.05, 3.63) is 35.3 Å². The van der Waals surface area contributed by atoms with Crippen molar-refractivity contribution in [3.63, 3.8) is 0 Å². The average Bonchev–Trinajstić information content (AvgIpc) is 3.10. The normalized spacial score (nSPS) is 17.3. The zero-order chi connectivity index (χ0) is 18.8. The van der Waals surface area contributed by atoms with Crippen molar-refractivity contribution < 1.29 is 4.79 Å². The number of nitrogens with two attached hydrogens (primary N) is 2. The first-order valence-electron chi connectivity index (χ1n) is 8.74. The van der Waals surface area contributed by atoms with Crippen LogP contribution in [0.1, 0.15) is 23.8 Å². The van der Waals surface area contributed by atoms with E-state index in [0.29, 0.717) is 29.3 Å². The Hall–Kier alpha value is -2.39. The molecule has 4 rings (SSSR count). The number of carbonyl (C=O) groups excluding carboxylic acids is 1. The zero-order valence-electron chi connectivity index (χ0n) is 14.7. The first kappa shape index (κ1) is 18.0. The van der Waals surface area contributed by atoms with Crippen LogP contribution in [0.4, 0.5) is 11.6 Å². The topological polar surface area (TPSA) is 111 Å². The minimum absolute atomic E-state index is 0.0791. The summed E-state index contributed by atoms with van der Waals surface area (Å²) in [6.07, 6.45) is 2.05. The molecule has 1 atom stereocenters. The molecule has 7 nitrogen and oxygen atoms in total. The van der Waals surface area contributed by atoms with E-state index in [1.165, 1.54) is 22.5 Å². The summed E-state index contributed by atoms with van der Waals surface area (Å²) in [5.41, 5.74) is 12.4. The summed E-state index contributed by atoms with van der Waals surface area (Å²) in [4.78, 5) is 27.6. The summed E-state index contributed by atoms with van der Waals surface area (Å²) in [5, 5.41) is 1.55. The van der Waals surface area contributed by atoms with Gasteiger partial charge in [-0.1, -0.05) is 23.9 Å². The molecule has 0 radical (unpaired) electrons. The molecule has 1 fully saturated rings. The van der Waals surface area contributed by atoms with Crippen LogP contribution in [-0.2, 0) is 4.79 Å². The van der Waals surface area contributed by atoms with Crippen molar-refractivity contribution in [1.82, 2.24) is 19.9 Å². The van der Waals surface area contributed by atoms with Crippen LogP contribution >= 0.6 is 23.1 Å². The molecule has 140 valence electrons. The van der Waals surface area contributed by atoms with Gasteiger partial charge in [-0.3, -0.25) is 4.79 Å². The fourth-order valence-electron chi connectivity index (χ4n) is 3.21. The molecule has 27 heavy (non-hydrogen) atoms. The fourth-order valence-corrected chi connectivity index (χ4v) is 5.08. The van der Waals surface area contributed by atoms with Gasteiger partial charge >= 0.3 is 0 Å². The number of thiazole rings is 1. The largest absolute Gasteiger partial charge is 0.383 e. The summed E-state index contributed by atoms with van der Waals surface area (Å²) < 4.78 is 1.20. The van der Waals surface area contributed by atoms with Gasteiger partial charge in [-0.2, -0.15) is 0 Å². The van der Waals surface area contributed by atoms with Gasteiger partial charge in [0.05, 0.1) is 21.0 Å². The second-order valence-electron chi connectivity index (χ2n) is 6.49. The summed E-state index contributed by atoms with van der Waals surface area (Å²) in [6, 6.07) is 9.67. The Morgan fingerprint density at radius 2 is 2.00 bits per heavy atom. The Bertz CT molecular complexity index is 922. The molecule has 9 heteroatoms. The van der Waals surface area contributed by atoms with E-state index in [2.05, 4.69) is 16.0 Å². The Labute approximate surface area is 165 Å². The summed E-state index contributed by atoms with van der Waals surface area (Å²) >= 11 is 2.99. The molecule has 1 saturated heterocycles. The molecule has 0 saturated carbocycles. The van der Waals surface area contributed by atoms with Crippen LogP contribution in [0.25, 0.3) is 10.2 Å². The van der Waals surface area contributed by atoms with E-state index in [1.54, 1.807) is 11.3 Å². The number of anilines is 2. The number of piperidine rings is 1. The predicted molar refractivity (Wildman–Crippen MR) is 110 cm³/mol. The SMILES string of the molecule is Nc1cc(N)nc(SCC(=O)N2CCC[C@H](c3nc4ccccc4s3)C2)n1. The molecule has 2 aromatic heterocycles. The van der Waals surface area contributed by atoms with Gasteiger partial charge in [0.1, 0.15) is 11.6 Å². The molecule has 0 unspecified atom stereocenters. The second-order valence-corrected chi connectivity index (χ2v) is 8.49. The van der Waals surface area contributed by atoms with Crippen LogP contribution in [0.5, 0.6) is 0 Å². The Morgan fingerprint density at radius 3 is 2.78 bits per heavy atom. The highest BCUT2D eigenvalue weighted by Crippen LogP contribution is 2.33. The molecule has 3 aromatic rings. The number of para-hydroxylation sites is 1. The number of nitrogens with zero attached hydrogens (tertiary/aromatic N) is 4. The number of benzene rings is 1. The van der Waals surface area contributed by atoms with Crippen molar-refractivity contribution in [2.75, 3.05) is 30.3 Å². The number of likely N-dealkylation sites (tertiary alicyclic amines) is 1. The van der Waals surface area contributed by atoms with Gasteiger partial charge in [-0.05, 0) is 25.0 Å². The van der Waals surface area contributed by atoms with E-state index >= 15 is 0 Å². The summed E-state index contributed by atoms with van der Waals surface area (Å²) in [7, 11) is 0. The molecular formula is C18H20N6OS2. The highest BCUT2D eigenvalue weighted by atomic mass is 32.2. The van der Waals surface area contributed by atoms with Gasteiger partial charge in [0, 0.05) is 25.1 Å². The highest BCUT2D eigenvalue weighted by Gasteiger charge is 2.27. The molecule has 3 heterocycles. The minimum atomic E-state index is 0.0791. The van der Waals surface area contributed by atoms with Crippen molar-refractivity contribution in [1.29, 1.82) is 0 Å². The van der Waals surface area contributed by atoms with Gasteiger partial charge < -0.3 is 16.4 Å². The Morgan fingerprint density at radius 1 is 1.22 bits per heavy atom. The highest BCUT2D eigenvalue weighted by molar-refractivity contribution is 7.99. The third-order valence-corrected chi connectivity index (χ3v) is 6.53. The minimum Gasteiger partial charge on any atom is -0.383 e. The van der Waals surface area contributed by atoms with E-state index in [-0.39, 0.29) is 11.7 Å². The maximum atomic E-state index is 12.7. The monoisotopic (exact) mass is 400 g/mol. The van der Waals surface area contributed by atoms with Crippen molar-refractivity contribution >= 4 is 50.9 Å². The molecule has 1 aliphatic heterocycles. The number of rotatable bonds is 4. The number of nitrogen functional groups attached to an aromatic ring is 2. The average molecular weight is 401 g/mol. The summed E-state index contributed by atoms with van der Waals surface area (Å²) in [6.45, 7) is 1.49. The van der Waals surface area contributed by atoms with Gasteiger partial charge in [-0.25, -0.2) is 15.0 Å². The first-order chi connectivity index (χ1) is 13.1. The molecule has 4 N–H and O–H groups in total. The quantitative estimate of drug-likeness (QED) is 0.511. The van der Waals surface area contributed by atoms with Crippen LogP contribution in [0, 0.1) is 0 Å². The Balaban J connectivity index is 1.40. The van der Waals surface area contributed by atoms with E-state index in [0.717, 1.165) is 29.9 Å². The van der Waals surface area contributed by atoms with Gasteiger partial charge in [-0.15, -0.1) is 11.3 Å². The lowest BCUT2D eigenvalue weighted by Gasteiger charge is -2.31. The van der Waals surface area contributed by atoms with Gasteiger partial charge in [0.2, 0.25) is 5.91 Å². The third kappa shape index (κ3) is 4.14. The number of thioether (sulfide) groups is 1. The lowest BCUT2D eigenvalue weighted by molar-refractivity contribution is -0.129. The van der Waals surface area contributed by atoms with Crippen molar-refractivity contribution in [3.8, 4) is 0 Å². The standard InChI is InChI=1S/C18H20N6OS2/c19-14-8-15(20)23-18(22-14)26-10-16(25)24-7-3-4-11(9-24)17-21-12-5-1-2-6-13(12)27-17/h1-2,5-6,8,11H,3-4,7,9-10H2,(H4,19,20,22,23)/t11-/m0/s1. The van der Waals surface area contributed by atoms with Gasteiger partial charge in [0.25, 0.3) is 0 Å². The number of carbonyl (C=O) groups is 1. The van der Waals surface area contributed by atoms with Gasteiger partial charge in [0.15, 0.2) is 5.16 Å². The molecule has 1 amide bonds. The maximum Gasteiger partial charge on any atom is 0.233 e. The number of amides is 1. The third-order valence-electron chi connectivity index (χ3n) is 4.50. The van der Waals surface area contributed by atoms with Crippen LogP contribution in [-0.4, -0.2) is 44.6 Å². The van der Waals surface area contributed by atoms with Crippen molar-refractivity contribution in [2.24, 2.45) is 0 Å². The number of hydrogen-bond acceptors (Lipinski definition) is 8. The molecule has 0 bridgehead atoms. The lowest BCUT2D eigenvalue weighted by atomic mass is 9.99. The molecule has 1 aliphatic rings. The van der Waals surface area contributed by atoms with Crippen molar-refractivity contribution in [2.45, 2.75) is 23.9 Å². The fraction of sp³-hybridized carbons (Fsp3) is 0.333. The Kier molecular flexibility index (Phi) is 5.13. The zero-order valence-corrected chi connectivity index (χ0v) is 16.3. The van der Waals surface area contributed by atoms with E-state index in [1.807, 2.05) is 23.1 Å². The summed E-state index contributed by atoms with van der Waals surface area (Å²) in [5.74, 6) is 1.27. The van der Waals surface area contributed by atoms with Crippen LogP contribution in [0.15, 0.2) is 35.5 Å². The second kappa shape index (κ2) is 7.69. The molecule has 1 aromatic carbocycles. The van der Waals surface area contributed by atoms with Crippen LogP contribution in [0.2, 0.25) is 0 Å². The first-order valence-corrected chi connectivity index (χ1v) is 10.5. The van der Waals surface area contributed by atoms with E-state index in [4.69, 9.17) is 16.5 Å². The van der Waals surface area contributed by atoms with Crippen LogP contribution < -0.4 is 11.5 Å². The lowest BCUT2D eigenvalue weighted by Crippen LogP contribution is -2.40. The number of aromatic nitrogens is 3. The molecule has 0 spiro atoms. The number of fused-ring (bicyclic) bond motifs is 1. The van der Waals surface area contributed by atoms with Crippen LogP contribution in [0.3, 0.4) is 0 Å². The van der Waals surface area contributed by atoms with E-state index < -0.39 is 0 Å². The molecular weight excluding hydrogens is 380 g/mol. The van der Waals surface area contributed by atoms with E-state index in [9.17, 15) is 4.79 Å². The molecule has 0 aliphatic carbocycles. The number of hydrogen-bond donors (Lipinski definition) is 2.